The van der Waals surface area contributed by atoms with E-state index in [1.165, 1.54) is 5.56 Å². The lowest BCUT2D eigenvalue weighted by Crippen LogP contribution is -2.58. The Bertz CT molecular complexity index is 1130. The first kappa shape index (κ1) is 21.1. The second-order valence-corrected chi connectivity index (χ2v) is 11.5. The molecule has 7 atom stereocenters. The standard InChI is InChI=1S/C29H32O5/c1-26-10-3-4-11-27(26)13-14-28(26,18-5-7-19(32-2)8-6-18)24-22(31)17-20-23(25(24)27)21(30)9-12-29(20)33-15-16-34-29/h5-9,12-14,20,23-25H,3-4,10-11,15-17H2,1-2H3/t20-,23+,24-,25+,26+,27+,28-/m1/s1. The molecule has 0 aromatic heterocycles. The topological polar surface area (TPSA) is 61.8 Å². The lowest BCUT2D eigenvalue weighted by Gasteiger charge is -2.53. The van der Waals surface area contributed by atoms with E-state index in [2.05, 4.69) is 31.2 Å². The Labute approximate surface area is 200 Å². The Kier molecular flexibility index (Phi) is 4.15. The first-order chi connectivity index (χ1) is 16.4. The SMILES string of the molecule is COc1ccc([C@@]23C=C[C@@]4(CCCC[C@@]42C)[C@H]2[C@@H]4C(=O)C=CC5(OCCO5)[C@@H]4CC(=O)[C@H]23)cc1. The molecule has 5 aliphatic carbocycles. The number of carbonyl (C=O) groups excluding carboxylic acids is 2. The number of rotatable bonds is 2. The average Bonchev–Trinajstić information content (AvgIpc) is 3.49. The third kappa shape index (κ3) is 2.16. The molecule has 0 N–H and O–H groups in total. The van der Waals surface area contributed by atoms with Crippen LogP contribution >= 0.6 is 0 Å². The van der Waals surface area contributed by atoms with Gasteiger partial charge in [0.1, 0.15) is 11.5 Å². The Hall–Kier alpha value is -2.24. The summed E-state index contributed by atoms with van der Waals surface area (Å²) in [4.78, 5) is 27.9. The Balaban J connectivity index is 1.45. The summed E-state index contributed by atoms with van der Waals surface area (Å²) in [5, 5.41) is 0. The van der Waals surface area contributed by atoms with Crippen molar-refractivity contribution < 1.29 is 23.8 Å². The number of benzene rings is 1. The molecule has 6 aliphatic rings. The number of hydrogen-bond donors (Lipinski definition) is 0. The minimum atomic E-state index is -0.931. The van der Waals surface area contributed by atoms with Gasteiger partial charge < -0.3 is 14.2 Å². The predicted molar refractivity (Wildman–Crippen MR) is 125 cm³/mol. The summed E-state index contributed by atoms with van der Waals surface area (Å²) in [5.41, 5.74) is 0.490. The highest BCUT2D eigenvalue weighted by Gasteiger charge is 2.80. The highest BCUT2D eigenvalue weighted by molar-refractivity contribution is 5.98. The van der Waals surface area contributed by atoms with E-state index in [-0.39, 0.29) is 46.1 Å². The summed E-state index contributed by atoms with van der Waals surface area (Å²) in [7, 11) is 1.68. The molecule has 178 valence electrons. The zero-order valence-electron chi connectivity index (χ0n) is 19.9. The zero-order chi connectivity index (χ0) is 23.3. The van der Waals surface area contributed by atoms with E-state index >= 15 is 0 Å². The summed E-state index contributed by atoms with van der Waals surface area (Å²) >= 11 is 0. The summed E-state index contributed by atoms with van der Waals surface area (Å²) in [5.74, 6) is -0.442. The van der Waals surface area contributed by atoms with E-state index in [0.717, 1.165) is 31.4 Å². The molecule has 3 saturated carbocycles. The van der Waals surface area contributed by atoms with E-state index in [9.17, 15) is 9.59 Å². The van der Waals surface area contributed by atoms with Crippen LogP contribution in [-0.4, -0.2) is 37.7 Å². The second-order valence-electron chi connectivity index (χ2n) is 11.5. The van der Waals surface area contributed by atoms with Gasteiger partial charge in [-0.1, -0.05) is 44.1 Å². The van der Waals surface area contributed by atoms with Crippen LogP contribution in [0.5, 0.6) is 5.75 Å². The third-order valence-corrected chi connectivity index (χ3v) is 10.8. The Morgan fingerprint density at radius 1 is 0.971 bits per heavy atom. The van der Waals surface area contributed by atoms with Gasteiger partial charge in [0.05, 0.1) is 20.3 Å². The zero-order valence-corrected chi connectivity index (χ0v) is 19.9. The molecule has 2 bridgehead atoms. The molecule has 1 saturated heterocycles. The van der Waals surface area contributed by atoms with E-state index in [1.54, 1.807) is 19.3 Å². The highest BCUT2D eigenvalue weighted by Crippen LogP contribution is 2.81. The lowest BCUT2D eigenvalue weighted by atomic mass is 9.50. The largest absolute Gasteiger partial charge is 0.497 e. The van der Waals surface area contributed by atoms with Gasteiger partial charge in [0.25, 0.3) is 0 Å². The van der Waals surface area contributed by atoms with Crippen molar-refractivity contribution in [2.75, 3.05) is 20.3 Å². The van der Waals surface area contributed by atoms with Crippen LogP contribution < -0.4 is 4.74 Å². The molecule has 5 heteroatoms. The van der Waals surface area contributed by atoms with Crippen LogP contribution in [-0.2, 0) is 24.5 Å². The number of ketones is 2. The summed E-state index contributed by atoms with van der Waals surface area (Å²) in [6.07, 6.45) is 13.0. The predicted octanol–water partition coefficient (Wildman–Crippen LogP) is 4.40. The van der Waals surface area contributed by atoms with Gasteiger partial charge in [-0.2, -0.15) is 0 Å². The molecular formula is C29H32O5. The average molecular weight is 461 g/mol. The van der Waals surface area contributed by atoms with Crippen molar-refractivity contribution in [3.63, 3.8) is 0 Å². The molecule has 1 aliphatic heterocycles. The molecule has 1 spiro atoms. The number of hydrogen-bond acceptors (Lipinski definition) is 5. The van der Waals surface area contributed by atoms with Crippen LogP contribution in [0.4, 0.5) is 0 Å². The fraction of sp³-hybridized carbons (Fsp3) is 0.586. The summed E-state index contributed by atoms with van der Waals surface area (Å²) < 4.78 is 17.7. The van der Waals surface area contributed by atoms with Gasteiger partial charge >= 0.3 is 0 Å². The van der Waals surface area contributed by atoms with Crippen molar-refractivity contribution in [3.8, 4) is 5.75 Å². The highest BCUT2D eigenvalue weighted by atomic mass is 16.7. The first-order valence-electron chi connectivity index (χ1n) is 12.8. The Morgan fingerprint density at radius 2 is 1.71 bits per heavy atom. The molecule has 1 heterocycles. The van der Waals surface area contributed by atoms with E-state index in [1.807, 2.05) is 12.1 Å². The molecule has 0 radical (unpaired) electrons. The molecule has 5 nitrogen and oxygen atoms in total. The number of methoxy groups -OCH3 is 1. The van der Waals surface area contributed by atoms with Crippen LogP contribution in [0.1, 0.15) is 44.6 Å². The van der Waals surface area contributed by atoms with Gasteiger partial charge in [-0.25, -0.2) is 0 Å². The smallest absolute Gasteiger partial charge is 0.192 e. The van der Waals surface area contributed by atoms with Crippen molar-refractivity contribution in [3.05, 3.63) is 54.1 Å². The lowest BCUT2D eigenvalue weighted by molar-refractivity contribution is -0.199. The molecule has 1 aromatic carbocycles. The molecular weight excluding hydrogens is 428 g/mol. The maximum atomic E-state index is 14.2. The van der Waals surface area contributed by atoms with Crippen molar-refractivity contribution in [2.24, 2.45) is 34.5 Å². The van der Waals surface area contributed by atoms with Crippen LogP contribution in [0.25, 0.3) is 0 Å². The second kappa shape index (κ2) is 6.70. The number of fused-ring (bicyclic) bond motifs is 5. The summed E-state index contributed by atoms with van der Waals surface area (Å²) in [6, 6.07) is 8.32. The first-order valence-corrected chi connectivity index (χ1v) is 12.8. The maximum absolute atomic E-state index is 14.2. The fourth-order valence-electron chi connectivity index (χ4n) is 9.52. The van der Waals surface area contributed by atoms with Gasteiger partial charge in [-0.05, 0) is 59.4 Å². The quantitative estimate of drug-likeness (QED) is 0.612. The monoisotopic (exact) mass is 460 g/mol. The Morgan fingerprint density at radius 3 is 2.44 bits per heavy atom. The fourth-order valence-corrected chi connectivity index (χ4v) is 9.52. The minimum absolute atomic E-state index is 0.0294. The number of allylic oxidation sites excluding steroid dienone is 3. The number of carbonyl (C=O) groups is 2. The third-order valence-electron chi connectivity index (χ3n) is 10.8. The van der Waals surface area contributed by atoms with Crippen molar-refractivity contribution in [1.82, 2.24) is 0 Å². The molecule has 4 fully saturated rings. The van der Waals surface area contributed by atoms with Gasteiger partial charge in [0.15, 0.2) is 11.6 Å². The minimum Gasteiger partial charge on any atom is -0.497 e. The van der Waals surface area contributed by atoms with Gasteiger partial charge in [0, 0.05) is 29.6 Å². The van der Waals surface area contributed by atoms with Crippen LogP contribution in [0, 0.1) is 34.5 Å². The molecule has 0 unspecified atom stereocenters. The van der Waals surface area contributed by atoms with E-state index < -0.39 is 11.2 Å². The van der Waals surface area contributed by atoms with Crippen LogP contribution in [0.15, 0.2) is 48.6 Å². The van der Waals surface area contributed by atoms with Crippen molar-refractivity contribution in [1.29, 1.82) is 0 Å². The van der Waals surface area contributed by atoms with Gasteiger partial charge in [-0.3, -0.25) is 9.59 Å². The summed E-state index contributed by atoms with van der Waals surface area (Å²) in [6.45, 7) is 3.41. The van der Waals surface area contributed by atoms with E-state index in [4.69, 9.17) is 14.2 Å². The number of ether oxygens (including phenoxy) is 3. The van der Waals surface area contributed by atoms with Gasteiger partial charge in [-0.15, -0.1) is 0 Å². The van der Waals surface area contributed by atoms with E-state index in [0.29, 0.717) is 19.6 Å². The normalized spacial score (nSPS) is 45.4. The number of Topliss-reactive ketones (excluding diaryl/α,β-unsaturated/α-hetero) is 1. The van der Waals surface area contributed by atoms with Crippen LogP contribution in [0.2, 0.25) is 0 Å². The molecule has 1 aromatic rings. The van der Waals surface area contributed by atoms with Crippen molar-refractivity contribution >= 4 is 11.6 Å². The van der Waals surface area contributed by atoms with Gasteiger partial charge in [0.2, 0.25) is 0 Å². The van der Waals surface area contributed by atoms with Crippen molar-refractivity contribution in [2.45, 2.75) is 50.2 Å². The molecule has 0 amide bonds. The maximum Gasteiger partial charge on any atom is 0.192 e. The van der Waals surface area contributed by atoms with Crippen LogP contribution in [0.3, 0.4) is 0 Å². The molecule has 7 rings (SSSR count). The molecule has 34 heavy (non-hydrogen) atoms.